The van der Waals surface area contributed by atoms with E-state index in [4.69, 9.17) is 9.47 Å². The van der Waals surface area contributed by atoms with E-state index in [1.807, 2.05) is 25.1 Å². The maximum atomic E-state index is 12.6. The van der Waals surface area contributed by atoms with Gasteiger partial charge >= 0.3 is 0 Å². The predicted octanol–water partition coefficient (Wildman–Crippen LogP) is 2.47. The first-order chi connectivity index (χ1) is 15.4. The van der Waals surface area contributed by atoms with Gasteiger partial charge in [0.1, 0.15) is 0 Å². The predicted molar refractivity (Wildman–Crippen MR) is 124 cm³/mol. The smallest absolute Gasteiger partial charge is 0.240 e. The Morgan fingerprint density at radius 1 is 1.06 bits per heavy atom. The number of carbonyl (C=O) groups is 1. The van der Waals surface area contributed by atoms with E-state index >= 15 is 0 Å². The molecule has 2 aromatic rings. The summed E-state index contributed by atoms with van der Waals surface area (Å²) in [7, 11) is -3.75. The highest BCUT2D eigenvalue weighted by Crippen LogP contribution is 2.31. The van der Waals surface area contributed by atoms with E-state index in [2.05, 4.69) is 27.9 Å². The number of carbonyl (C=O) groups excluding carboxylic acids is 1. The molecule has 0 unspecified atom stereocenters. The molecule has 174 valence electrons. The second-order valence-electron chi connectivity index (χ2n) is 7.58. The Hall–Kier alpha value is -2.78. The molecule has 2 aromatic carbocycles. The minimum Gasteiger partial charge on any atom is -0.490 e. The molecule has 2 N–H and O–H groups in total. The van der Waals surface area contributed by atoms with Crippen molar-refractivity contribution in [2.24, 2.45) is 0 Å². The van der Waals surface area contributed by atoms with Crippen LogP contribution in [0.15, 0.2) is 47.4 Å². The van der Waals surface area contributed by atoms with Crippen molar-refractivity contribution in [1.29, 1.82) is 0 Å². The van der Waals surface area contributed by atoms with Gasteiger partial charge in [0.2, 0.25) is 15.9 Å². The maximum Gasteiger partial charge on any atom is 0.240 e. The summed E-state index contributed by atoms with van der Waals surface area (Å²) in [5.41, 5.74) is 2.30. The number of benzene rings is 2. The molecule has 1 aliphatic heterocycles. The van der Waals surface area contributed by atoms with Gasteiger partial charge in [0.15, 0.2) is 11.5 Å². The summed E-state index contributed by atoms with van der Waals surface area (Å²) >= 11 is 0. The van der Waals surface area contributed by atoms with Gasteiger partial charge in [0.25, 0.3) is 0 Å². The third-order valence-corrected chi connectivity index (χ3v) is 6.58. The number of likely N-dealkylation sites (N-methyl/N-ethyl adjacent to an activating group) is 1. The largest absolute Gasteiger partial charge is 0.490 e. The van der Waals surface area contributed by atoms with Gasteiger partial charge in [-0.1, -0.05) is 12.1 Å². The molecule has 0 atom stereocenters. The molecule has 1 aliphatic rings. The number of amides is 1. The lowest BCUT2D eigenvalue weighted by Crippen LogP contribution is -2.36. The van der Waals surface area contributed by atoms with Crippen molar-refractivity contribution < 1.29 is 22.7 Å². The highest BCUT2D eigenvalue weighted by Gasteiger charge is 2.19. The fourth-order valence-corrected chi connectivity index (χ4v) is 4.45. The van der Waals surface area contributed by atoms with E-state index in [-0.39, 0.29) is 23.8 Å². The monoisotopic (exact) mass is 461 g/mol. The minimum atomic E-state index is -3.75. The Kier molecular flexibility index (Phi) is 8.35. The van der Waals surface area contributed by atoms with E-state index in [0.717, 1.165) is 18.7 Å². The molecular weight excluding hydrogens is 430 g/mol. The van der Waals surface area contributed by atoms with Crippen molar-refractivity contribution in [3.05, 3.63) is 48.0 Å². The molecule has 0 saturated heterocycles. The van der Waals surface area contributed by atoms with Crippen LogP contribution >= 0.6 is 0 Å². The van der Waals surface area contributed by atoms with Crippen LogP contribution in [0.3, 0.4) is 0 Å². The van der Waals surface area contributed by atoms with E-state index in [0.29, 0.717) is 37.8 Å². The second-order valence-corrected chi connectivity index (χ2v) is 9.34. The van der Waals surface area contributed by atoms with Crippen LogP contribution in [-0.4, -0.2) is 53.7 Å². The normalized spacial score (nSPS) is 13.3. The van der Waals surface area contributed by atoms with Crippen LogP contribution in [0.2, 0.25) is 0 Å². The van der Waals surface area contributed by atoms with Gasteiger partial charge in [-0.15, -0.1) is 0 Å². The fraction of sp³-hybridized carbons (Fsp3) is 0.435. The number of fused-ring (bicyclic) bond motifs is 1. The van der Waals surface area contributed by atoms with Crippen molar-refractivity contribution in [2.75, 3.05) is 44.3 Å². The Balaban J connectivity index is 1.44. The average Bonchev–Trinajstić information content (AvgIpc) is 3.01. The number of nitrogens with zero attached hydrogens (tertiary/aromatic N) is 1. The number of aryl methyl sites for hydroxylation is 1. The molecule has 1 amide bonds. The van der Waals surface area contributed by atoms with Gasteiger partial charge in [-0.05, 0) is 43.7 Å². The van der Waals surface area contributed by atoms with Crippen LogP contribution < -0.4 is 24.4 Å². The van der Waals surface area contributed by atoms with Crippen LogP contribution in [0, 0.1) is 6.92 Å². The molecule has 1 heterocycles. The average molecular weight is 462 g/mol. The Morgan fingerprint density at radius 2 is 1.84 bits per heavy atom. The molecule has 32 heavy (non-hydrogen) atoms. The summed E-state index contributed by atoms with van der Waals surface area (Å²) in [5.74, 6) is 0.747. The number of anilines is 1. The molecular formula is C23H31N3O5S. The first-order valence-corrected chi connectivity index (χ1v) is 12.3. The quantitative estimate of drug-likeness (QED) is 0.564. The standard InChI is InChI=1S/C23H31N3O5S/c1-3-26(19-7-4-6-18(2)16-19)13-12-24-23(27)10-11-25-32(28,29)20-8-9-21-22(17-20)31-15-5-14-30-21/h4,6-9,16-17,25H,3,5,10-15H2,1-2H3,(H,24,27). The summed E-state index contributed by atoms with van der Waals surface area (Å²) in [4.78, 5) is 14.4. The molecule has 0 radical (unpaired) electrons. The lowest BCUT2D eigenvalue weighted by molar-refractivity contribution is -0.120. The third-order valence-electron chi connectivity index (χ3n) is 5.13. The number of rotatable bonds is 10. The Labute approximate surface area is 190 Å². The molecule has 8 nitrogen and oxygen atoms in total. The van der Waals surface area contributed by atoms with Gasteiger partial charge in [0.05, 0.1) is 18.1 Å². The van der Waals surface area contributed by atoms with Crippen LogP contribution in [0.4, 0.5) is 5.69 Å². The summed E-state index contributed by atoms with van der Waals surface area (Å²) in [5, 5.41) is 2.85. The van der Waals surface area contributed by atoms with Gasteiger partial charge < -0.3 is 19.7 Å². The molecule has 0 aliphatic carbocycles. The zero-order valence-corrected chi connectivity index (χ0v) is 19.4. The summed E-state index contributed by atoms with van der Waals surface area (Å²) in [6.07, 6.45) is 0.797. The van der Waals surface area contributed by atoms with E-state index in [1.54, 1.807) is 6.07 Å². The first-order valence-electron chi connectivity index (χ1n) is 10.9. The minimum absolute atomic E-state index is 0.0119. The molecule has 9 heteroatoms. The summed E-state index contributed by atoms with van der Waals surface area (Å²) in [6.45, 7) is 7.12. The number of sulfonamides is 1. The first kappa shape index (κ1) is 23.9. The van der Waals surface area contributed by atoms with Crippen LogP contribution in [0.5, 0.6) is 11.5 Å². The number of ether oxygens (including phenoxy) is 2. The number of hydrogen-bond acceptors (Lipinski definition) is 6. The van der Waals surface area contributed by atoms with Crippen molar-refractivity contribution in [2.45, 2.75) is 31.6 Å². The van der Waals surface area contributed by atoms with E-state index in [9.17, 15) is 13.2 Å². The van der Waals surface area contributed by atoms with Crippen molar-refractivity contribution >= 4 is 21.6 Å². The van der Waals surface area contributed by atoms with E-state index < -0.39 is 10.0 Å². The van der Waals surface area contributed by atoms with Crippen LogP contribution in [0.1, 0.15) is 25.3 Å². The van der Waals surface area contributed by atoms with E-state index in [1.165, 1.54) is 17.7 Å². The molecule has 3 rings (SSSR count). The van der Waals surface area contributed by atoms with Gasteiger partial charge in [-0.2, -0.15) is 0 Å². The Morgan fingerprint density at radius 3 is 2.59 bits per heavy atom. The van der Waals surface area contributed by atoms with Crippen molar-refractivity contribution in [3.63, 3.8) is 0 Å². The van der Waals surface area contributed by atoms with Crippen molar-refractivity contribution in [1.82, 2.24) is 10.0 Å². The SMILES string of the molecule is CCN(CCNC(=O)CCNS(=O)(=O)c1ccc2c(c1)OCCCO2)c1cccc(C)c1. The van der Waals surface area contributed by atoms with Crippen molar-refractivity contribution in [3.8, 4) is 11.5 Å². The molecule has 0 aromatic heterocycles. The number of hydrogen-bond donors (Lipinski definition) is 2. The lowest BCUT2D eigenvalue weighted by atomic mass is 10.2. The number of nitrogens with one attached hydrogen (secondary N) is 2. The van der Waals surface area contributed by atoms with Crippen LogP contribution in [-0.2, 0) is 14.8 Å². The summed E-state index contributed by atoms with van der Waals surface area (Å²) < 4.78 is 38.7. The Bertz CT molecular complexity index is 1030. The summed E-state index contributed by atoms with van der Waals surface area (Å²) in [6, 6.07) is 12.7. The zero-order valence-electron chi connectivity index (χ0n) is 18.6. The van der Waals surface area contributed by atoms with Gasteiger partial charge in [-0.25, -0.2) is 13.1 Å². The highest BCUT2D eigenvalue weighted by molar-refractivity contribution is 7.89. The molecule has 0 saturated carbocycles. The molecule has 0 spiro atoms. The fourth-order valence-electron chi connectivity index (χ4n) is 3.41. The lowest BCUT2D eigenvalue weighted by Gasteiger charge is -2.23. The van der Waals surface area contributed by atoms with Crippen LogP contribution in [0.25, 0.3) is 0 Å². The zero-order chi connectivity index (χ0) is 23.0. The van der Waals surface area contributed by atoms with Gasteiger partial charge in [0, 0.05) is 50.8 Å². The topological polar surface area (TPSA) is 97.0 Å². The third kappa shape index (κ3) is 6.61. The molecule has 0 fully saturated rings. The van der Waals surface area contributed by atoms with Gasteiger partial charge in [-0.3, -0.25) is 4.79 Å². The second kappa shape index (κ2) is 11.2. The molecule has 0 bridgehead atoms. The highest BCUT2D eigenvalue weighted by atomic mass is 32.2. The maximum absolute atomic E-state index is 12.6.